The molecule has 0 bridgehead atoms. The number of nitrogens with one attached hydrogen (secondary N) is 8. The number of anilines is 1. The number of unbranched alkanes of at least 4 members (excludes halogenated alkanes) is 2. The Balaban J connectivity index is 1.17. The third-order valence-electron chi connectivity index (χ3n) is 17.5. The number of hydrogen-bond acceptors (Lipinski definition) is 17. The van der Waals surface area contributed by atoms with Crippen LogP contribution in [0.15, 0.2) is 66.1 Å². The molecular weight excluding hydrogens is 1280 g/mol. The van der Waals surface area contributed by atoms with Crippen LogP contribution in [0.1, 0.15) is 185 Å². The van der Waals surface area contributed by atoms with Crippen LogP contribution >= 0.6 is 11.3 Å². The van der Waals surface area contributed by atoms with Crippen molar-refractivity contribution < 1.29 is 67.3 Å². The number of thiazole rings is 1. The molecule has 9 atom stereocenters. The normalized spacial score (nSPS) is 16.4. The van der Waals surface area contributed by atoms with E-state index in [9.17, 15) is 57.8 Å². The van der Waals surface area contributed by atoms with Crippen molar-refractivity contribution in [2.24, 2.45) is 29.4 Å². The van der Waals surface area contributed by atoms with Crippen LogP contribution in [0.4, 0.5) is 15.3 Å². The van der Waals surface area contributed by atoms with E-state index in [1.807, 2.05) is 39.6 Å². The summed E-state index contributed by atoms with van der Waals surface area (Å²) in [5.74, 6) is -4.92. The van der Waals surface area contributed by atoms with E-state index in [0.29, 0.717) is 74.4 Å². The van der Waals surface area contributed by atoms with E-state index in [-0.39, 0.29) is 117 Å². The number of carbonyl (C=O) groups is 11. The zero-order valence-corrected chi connectivity index (χ0v) is 59.4. The van der Waals surface area contributed by atoms with Crippen LogP contribution in [0.5, 0.6) is 5.75 Å². The first-order valence-corrected chi connectivity index (χ1v) is 35.4. The number of urea groups is 1. The maximum Gasteiger partial charge on any atom is 0.426 e. The van der Waals surface area contributed by atoms with Gasteiger partial charge in [-0.3, -0.25) is 58.4 Å². The lowest BCUT2D eigenvalue weighted by atomic mass is 9.92. The van der Waals surface area contributed by atoms with Gasteiger partial charge in [-0.05, 0) is 131 Å². The quantitative estimate of drug-likeness (QED) is 0.0159. The van der Waals surface area contributed by atoms with Crippen molar-refractivity contribution in [3.05, 3.63) is 87.9 Å². The molecule has 28 heteroatoms. The van der Waals surface area contributed by atoms with E-state index in [1.165, 1.54) is 35.6 Å². The predicted molar refractivity (Wildman–Crippen MR) is 371 cm³/mol. The van der Waals surface area contributed by atoms with Crippen molar-refractivity contribution in [3.63, 3.8) is 0 Å². The average molecular weight is 1380 g/mol. The monoisotopic (exact) mass is 1380 g/mol. The molecule has 2 aliphatic rings. The fourth-order valence-electron chi connectivity index (χ4n) is 11.7. The number of imide groups is 1. The van der Waals surface area contributed by atoms with Crippen LogP contribution in [-0.2, 0) is 60.9 Å². The lowest BCUT2D eigenvalue weighted by Crippen LogP contribution is -2.58. The minimum Gasteiger partial charge on any atom is -0.508 e. The number of likely N-dealkylation sites (tertiary alicyclic amines) is 1. The number of phenolic OH excluding ortho intramolecular Hbond substituents is 1. The molecule has 98 heavy (non-hydrogen) atoms. The highest BCUT2D eigenvalue weighted by atomic mass is 32.1. The van der Waals surface area contributed by atoms with Gasteiger partial charge in [-0.15, -0.1) is 11.3 Å². The van der Waals surface area contributed by atoms with Crippen LogP contribution in [0, 0.1) is 23.7 Å². The zero-order valence-electron chi connectivity index (χ0n) is 58.6. The molecule has 11 N–H and O–H groups in total. The lowest BCUT2D eigenvalue weighted by Gasteiger charge is -2.40. The number of piperidine rings is 1. The predicted octanol–water partition coefficient (Wildman–Crippen LogP) is 6.81. The average Bonchev–Trinajstić information content (AvgIpc) is 1.13. The molecule has 3 aromatic rings. The highest BCUT2D eigenvalue weighted by molar-refractivity contribution is 7.09. The lowest BCUT2D eigenvalue weighted by molar-refractivity contribution is -0.143. The van der Waals surface area contributed by atoms with Gasteiger partial charge in [0, 0.05) is 80.3 Å². The molecular formula is C70H105N13O14S. The Morgan fingerprint density at radius 2 is 1.46 bits per heavy atom. The van der Waals surface area contributed by atoms with Crippen molar-refractivity contribution in [1.82, 2.24) is 57.1 Å². The summed E-state index contributed by atoms with van der Waals surface area (Å²) in [4.78, 5) is 155. The molecule has 0 spiro atoms. The van der Waals surface area contributed by atoms with Crippen molar-refractivity contribution in [2.45, 2.75) is 208 Å². The summed E-state index contributed by atoms with van der Waals surface area (Å²) in [5, 5.41) is 29.3. The topological polar surface area (TPSA) is 371 Å². The summed E-state index contributed by atoms with van der Waals surface area (Å²) >= 11 is 1.28. The third-order valence-corrected chi connectivity index (χ3v) is 18.5. The molecule has 5 rings (SSSR count). The minimum atomic E-state index is -1.11. The van der Waals surface area contributed by atoms with E-state index in [2.05, 4.69) is 61.5 Å². The summed E-state index contributed by atoms with van der Waals surface area (Å²) in [5.41, 5.74) is 11.6. The fraction of sp³-hybridized carbons (Fsp3) is 0.600. The highest BCUT2D eigenvalue weighted by Gasteiger charge is 2.39. The molecule has 27 nitrogen and oxygen atoms in total. The molecule has 2 aromatic carbocycles. The number of aromatic hydroxyl groups is 1. The SMILES string of the molecule is CCCO[C@H](C[C@H](C(C)C)N(CCC)C(=O)[C@@H](NC(=O)[C@H]1CCCCN1C)[C@@H](C)CC)c1nc(C(=O)N[C@@H](Cc2ccc(O)cc2)C[C@H](C)C(=O)NNC(=O)OCc2ccc(NC(=O)[C@H](CCCNC(N)=O)NC(=O)C(NC(=O)CCCCCN3C(=O)C=CC3=O)C(C)C)cc2)cs1. The molecule has 2 aliphatic heterocycles. The van der Waals surface area contributed by atoms with Crippen molar-refractivity contribution in [1.29, 1.82) is 0 Å². The highest BCUT2D eigenvalue weighted by Crippen LogP contribution is 2.32. The van der Waals surface area contributed by atoms with Gasteiger partial charge in [-0.2, -0.15) is 0 Å². The van der Waals surface area contributed by atoms with Gasteiger partial charge in [-0.25, -0.2) is 20.0 Å². The van der Waals surface area contributed by atoms with Gasteiger partial charge in [-0.1, -0.05) is 106 Å². The van der Waals surface area contributed by atoms with Crippen molar-refractivity contribution >= 4 is 82.3 Å². The number of hydrazine groups is 1. The molecule has 0 aliphatic carbocycles. The Morgan fingerprint density at radius 1 is 0.765 bits per heavy atom. The molecule has 540 valence electrons. The number of carbonyl (C=O) groups excluding carboxylic acids is 11. The van der Waals surface area contributed by atoms with Crippen molar-refractivity contribution in [3.8, 4) is 5.75 Å². The molecule has 1 aromatic heterocycles. The Morgan fingerprint density at radius 3 is 2.09 bits per heavy atom. The van der Waals surface area contributed by atoms with E-state index in [0.717, 1.165) is 36.3 Å². The standard InChI is InChI=1S/C70H105N13O14S/c1-11-34-82(68(93)61(45(8)13-3)78-65(91)54-21-16-18-35-81(54)10)55(43(4)5)40-56(96-37-12-2)67-76-53(42-98-67)64(90)74-50(39-47-25-29-51(84)30-26-47)38-46(9)62(88)79-80-70(95)97-41-48-23-27-49(28-24-48)73-63(89)52(20-19-33-72-69(71)94)75-66(92)60(44(6)7)77-57(85)22-15-14-17-36-83-58(86)31-32-59(83)87/h23-32,42-46,50,52,54-56,60-61,84H,11-22,33-41H2,1-10H3,(H,73,89)(H,74,90)(H,75,92)(H,77,85)(H,78,91)(H,79,88)(H,80,95)(H3,71,72,94)/t45-,46-,50+,52-,54+,55+,56+,60?,61-/m0/s1. The molecule has 1 fully saturated rings. The summed E-state index contributed by atoms with van der Waals surface area (Å²) in [6, 6.07) is 7.93. The number of nitrogens with two attached hydrogens (primary N) is 1. The zero-order chi connectivity index (χ0) is 72.0. The van der Waals surface area contributed by atoms with E-state index >= 15 is 0 Å². The van der Waals surface area contributed by atoms with Crippen LogP contribution in [-0.4, -0.2) is 166 Å². The molecule has 1 unspecified atom stereocenters. The van der Waals surface area contributed by atoms with Gasteiger partial charge in [0.25, 0.3) is 17.7 Å². The first-order chi connectivity index (χ1) is 46.7. The second kappa shape index (κ2) is 41.0. The number of aromatic nitrogens is 1. The van der Waals surface area contributed by atoms with Gasteiger partial charge < -0.3 is 57.1 Å². The maximum absolute atomic E-state index is 14.9. The number of rotatable bonds is 40. The first kappa shape index (κ1) is 80.2. The second-order valence-electron chi connectivity index (χ2n) is 26.2. The fourth-order valence-corrected chi connectivity index (χ4v) is 12.5. The van der Waals surface area contributed by atoms with E-state index in [4.69, 9.17) is 20.2 Å². The van der Waals surface area contributed by atoms with Crippen LogP contribution < -0.4 is 48.5 Å². The Kier molecular flexibility index (Phi) is 33.6. The number of hydrogen-bond donors (Lipinski definition) is 10. The largest absolute Gasteiger partial charge is 0.508 e. The van der Waals surface area contributed by atoms with Gasteiger partial charge in [0.1, 0.15) is 47.3 Å². The third kappa shape index (κ3) is 26.1. The summed E-state index contributed by atoms with van der Waals surface area (Å²) < 4.78 is 11.9. The maximum atomic E-state index is 14.9. The number of ether oxygens (including phenoxy) is 2. The second-order valence-corrected chi connectivity index (χ2v) is 27.1. The molecule has 3 heterocycles. The molecule has 1 saturated heterocycles. The van der Waals surface area contributed by atoms with E-state index in [1.54, 1.807) is 62.5 Å². The number of phenols is 1. The Bertz CT molecular complexity index is 3150. The number of likely N-dealkylation sites (N-methyl/N-ethyl adjacent to an activating group) is 1. The smallest absolute Gasteiger partial charge is 0.426 e. The molecule has 0 radical (unpaired) electrons. The van der Waals surface area contributed by atoms with Crippen LogP contribution in [0.3, 0.4) is 0 Å². The van der Waals surface area contributed by atoms with Crippen molar-refractivity contribution in [2.75, 3.05) is 45.2 Å². The minimum absolute atomic E-state index is 0.0155. The van der Waals surface area contributed by atoms with Gasteiger partial charge in [0.05, 0.1) is 6.04 Å². The van der Waals surface area contributed by atoms with Gasteiger partial charge in [0.15, 0.2) is 0 Å². The molecule has 12 amide bonds. The Hall–Kier alpha value is -8.50. The number of nitrogens with zero attached hydrogens (tertiary/aromatic N) is 4. The summed E-state index contributed by atoms with van der Waals surface area (Å²) in [6.45, 7) is 19.1. The Labute approximate surface area is 580 Å². The number of primary amides is 1. The summed E-state index contributed by atoms with van der Waals surface area (Å²) in [7, 11) is 1.95. The number of amides is 12. The molecule has 0 saturated carbocycles. The van der Waals surface area contributed by atoms with Crippen LogP contribution in [0.2, 0.25) is 0 Å². The van der Waals surface area contributed by atoms with Crippen LogP contribution in [0.25, 0.3) is 0 Å². The summed E-state index contributed by atoms with van der Waals surface area (Å²) in [6.07, 6.45) is 8.36. The number of benzene rings is 2. The first-order valence-electron chi connectivity index (χ1n) is 34.5. The van der Waals surface area contributed by atoms with E-state index < -0.39 is 77.8 Å². The van der Waals surface area contributed by atoms with Gasteiger partial charge in [0.2, 0.25) is 35.4 Å². The van der Waals surface area contributed by atoms with Gasteiger partial charge >= 0.3 is 12.1 Å².